The molecule has 0 unspecified atom stereocenters. The highest BCUT2D eigenvalue weighted by Gasteiger charge is 2.14. The third kappa shape index (κ3) is 5.77. The maximum Gasteiger partial charge on any atom is 0.266 e. The highest BCUT2D eigenvalue weighted by atomic mass is 79.9. The van der Waals surface area contributed by atoms with Gasteiger partial charge in [-0.05, 0) is 76.8 Å². The second-order valence-electron chi connectivity index (χ2n) is 7.24. The smallest absolute Gasteiger partial charge is 0.266 e. The van der Waals surface area contributed by atoms with E-state index in [0.29, 0.717) is 33.8 Å². The maximum absolute atomic E-state index is 12.6. The minimum Gasteiger partial charge on any atom is -0.493 e. The normalized spacial score (nSPS) is 10.9. The number of halogens is 1. The van der Waals surface area contributed by atoms with Gasteiger partial charge in [-0.15, -0.1) is 0 Å². The van der Waals surface area contributed by atoms with Crippen LogP contribution in [-0.4, -0.2) is 13.0 Å². The van der Waals surface area contributed by atoms with Crippen LogP contribution in [0, 0.1) is 25.2 Å². The summed E-state index contributed by atoms with van der Waals surface area (Å²) in [6, 6.07) is 20.9. The van der Waals surface area contributed by atoms with Crippen molar-refractivity contribution < 1.29 is 14.3 Å². The van der Waals surface area contributed by atoms with E-state index in [0.717, 1.165) is 16.7 Å². The molecule has 0 aliphatic rings. The SMILES string of the molecule is COc1cc(/C=C(\C#N)C(=O)Nc2ccc(C)cc2)cc(Br)c1OCc1ccccc1C. The van der Waals surface area contributed by atoms with Gasteiger partial charge in [0, 0.05) is 5.69 Å². The third-order valence-electron chi connectivity index (χ3n) is 4.87. The fraction of sp³-hybridized carbons (Fsp3) is 0.154. The number of carbonyl (C=O) groups is 1. The van der Waals surface area contributed by atoms with Crippen molar-refractivity contribution >= 4 is 33.6 Å². The Kier molecular flexibility index (Phi) is 7.69. The van der Waals surface area contributed by atoms with Gasteiger partial charge < -0.3 is 14.8 Å². The van der Waals surface area contributed by atoms with Gasteiger partial charge in [0.05, 0.1) is 11.6 Å². The molecule has 5 nitrogen and oxygen atoms in total. The number of hydrogen-bond donors (Lipinski definition) is 1. The number of methoxy groups -OCH3 is 1. The molecule has 0 fully saturated rings. The Morgan fingerprint density at radius 1 is 1.12 bits per heavy atom. The molecule has 32 heavy (non-hydrogen) atoms. The number of carbonyl (C=O) groups excluding carboxylic acids is 1. The molecule has 0 radical (unpaired) electrons. The van der Waals surface area contributed by atoms with E-state index in [1.807, 2.05) is 56.3 Å². The Hall–Kier alpha value is -3.56. The zero-order chi connectivity index (χ0) is 23.1. The average Bonchev–Trinajstić information content (AvgIpc) is 2.78. The average molecular weight is 491 g/mol. The van der Waals surface area contributed by atoms with E-state index in [-0.39, 0.29) is 5.57 Å². The molecule has 0 saturated heterocycles. The van der Waals surface area contributed by atoms with Crippen LogP contribution in [0.1, 0.15) is 22.3 Å². The number of hydrogen-bond acceptors (Lipinski definition) is 4. The topological polar surface area (TPSA) is 71.3 Å². The lowest BCUT2D eigenvalue weighted by Crippen LogP contribution is -2.13. The quantitative estimate of drug-likeness (QED) is 0.316. The van der Waals surface area contributed by atoms with E-state index in [1.54, 1.807) is 31.4 Å². The zero-order valence-electron chi connectivity index (χ0n) is 18.1. The first-order chi connectivity index (χ1) is 15.4. The van der Waals surface area contributed by atoms with Crippen LogP contribution in [0.2, 0.25) is 0 Å². The molecule has 1 N–H and O–H groups in total. The van der Waals surface area contributed by atoms with Gasteiger partial charge in [-0.2, -0.15) is 5.26 Å². The number of amides is 1. The highest BCUT2D eigenvalue weighted by Crippen LogP contribution is 2.38. The largest absolute Gasteiger partial charge is 0.493 e. The van der Waals surface area contributed by atoms with Crippen LogP contribution in [0.15, 0.2) is 70.7 Å². The molecule has 0 aliphatic carbocycles. The zero-order valence-corrected chi connectivity index (χ0v) is 19.7. The second kappa shape index (κ2) is 10.7. The molecule has 1 amide bonds. The Morgan fingerprint density at radius 2 is 1.84 bits per heavy atom. The Morgan fingerprint density at radius 3 is 2.50 bits per heavy atom. The summed E-state index contributed by atoms with van der Waals surface area (Å²) < 4.78 is 12.2. The van der Waals surface area contributed by atoms with Crippen molar-refractivity contribution in [3.8, 4) is 17.6 Å². The highest BCUT2D eigenvalue weighted by molar-refractivity contribution is 9.10. The number of nitrogens with zero attached hydrogens (tertiary/aromatic N) is 1. The Labute approximate surface area is 196 Å². The summed E-state index contributed by atoms with van der Waals surface area (Å²) >= 11 is 3.52. The predicted octanol–water partition coefficient (Wildman–Crippen LogP) is 6.20. The summed E-state index contributed by atoms with van der Waals surface area (Å²) in [5.41, 5.74) is 4.53. The molecule has 162 valence electrons. The van der Waals surface area contributed by atoms with Crippen LogP contribution in [-0.2, 0) is 11.4 Å². The molecule has 0 aliphatic heterocycles. The Balaban J connectivity index is 1.82. The van der Waals surface area contributed by atoms with Gasteiger partial charge >= 0.3 is 0 Å². The summed E-state index contributed by atoms with van der Waals surface area (Å²) in [5.74, 6) is 0.567. The van der Waals surface area contributed by atoms with Gasteiger partial charge in [-0.1, -0.05) is 42.0 Å². The van der Waals surface area contributed by atoms with Crippen LogP contribution >= 0.6 is 15.9 Å². The van der Waals surface area contributed by atoms with Gasteiger partial charge in [0.15, 0.2) is 11.5 Å². The van der Waals surface area contributed by atoms with E-state index in [4.69, 9.17) is 9.47 Å². The first-order valence-electron chi connectivity index (χ1n) is 9.96. The van der Waals surface area contributed by atoms with Crippen molar-refractivity contribution in [2.75, 3.05) is 12.4 Å². The second-order valence-corrected chi connectivity index (χ2v) is 8.09. The molecular weight excluding hydrogens is 468 g/mol. The minimum atomic E-state index is -0.480. The fourth-order valence-corrected chi connectivity index (χ4v) is 3.61. The van der Waals surface area contributed by atoms with E-state index in [1.165, 1.54) is 6.08 Å². The summed E-state index contributed by atoms with van der Waals surface area (Å²) in [7, 11) is 1.55. The molecule has 3 aromatic rings. The first-order valence-corrected chi connectivity index (χ1v) is 10.7. The molecule has 0 aromatic heterocycles. The van der Waals surface area contributed by atoms with Gasteiger partial charge in [-0.25, -0.2) is 0 Å². The van der Waals surface area contributed by atoms with Crippen LogP contribution < -0.4 is 14.8 Å². The summed E-state index contributed by atoms with van der Waals surface area (Å²) in [6.07, 6.45) is 1.52. The van der Waals surface area contributed by atoms with Gasteiger partial charge in [0.2, 0.25) is 0 Å². The Bertz CT molecular complexity index is 1190. The molecule has 0 spiro atoms. The number of anilines is 1. The molecule has 0 atom stereocenters. The van der Waals surface area contributed by atoms with Gasteiger partial charge in [0.25, 0.3) is 5.91 Å². The monoisotopic (exact) mass is 490 g/mol. The number of rotatable bonds is 7. The van der Waals surface area contributed by atoms with Crippen LogP contribution in [0.4, 0.5) is 5.69 Å². The van der Waals surface area contributed by atoms with Crippen molar-refractivity contribution in [3.63, 3.8) is 0 Å². The van der Waals surface area contributed by atoms with Crippen molar-refractivity contribution in [2.45, 2.75) is 20.5 Å². The van der Waals surface area contributed by atoms with E-state index < -0.39 is 5.91 Å². The number of nitrogens with one attached hydrogen (secondary N) is 1. The fourth-order valence-electron chi connectivity index (χ4n) is 3.04. The lowest BCUT2D eigenvalue weighted by Gasteiger charge is -2.14. The van der Waals surface area contributed by atoms with Crippen molar-refractivity contribution in [2.24, 2.45) is 0 Å². The summed E-state index contributed by atoms with van der Waals surface area (Å²) in [6.45, 7) is 4.38. The minimum absolute atomic E-state index is 0.0203. The molecule has 0 heterocycles. The maximum atomic E-state index is 12.6. The van der Waals surface area contributed by atoms with E-state index in [2.05, 4.69) is 21.2 Å². The van der Waals surface area contributed by atoms with Crippen LogP contribution in [0.25, 0.3) is 6.08 Å². The van der Waals surface area contributed by atoms with E-state index in [9.17, 15) is 10.1 Å². The number of nitriles is 1. The molecule has 3 aromatic carbocycles. The first kappa shape index (κ1) is 23.1. The van der Waals surface area contributed by atoms with E-state index >= 15 is 0 Å². The van der Waals surface area contributed by atoms with Crippen molar-refractivity contribution in [1.29, 1.82) is 5.26 Å². The van der Waals surface area contributed by atoms with Gasteiger partial charge in [0.1, 0.15) is 18.2 Å². The van der Waals surface area contributed by atoms with Crippen LogP contribution in [0.3, 0.4) is 0 Å². The standard InChI is InChI=1S/C26H23BrN2O3/c1-17-8-10-22(11-9-17)29-26(30)21(15-28)12-19-13-23(27)25(24(14-19)31-3)32-16-20-7-5-4-6-18(20)2/h4-14H,16H2,1-3H3,(H,29,30)/b21-12+. The predicted molar refractivity (Wildman–Crippen MR) is 130 cm³/mol. The third-order valence-corrected chi connectivity index (χ3v) is 5.46. The number of benzene rings is 3. The molecule has 0 bridgehead atoms. The lowest BCUT2D eigenvalue weighted by molar-refractivity contribution is -0.112. The summed E-state index contributed by atoms with van der Waals surface area (Å²) in [5, 5.41) is 12.3. The van der Waals surface area contributed by atoms with Crippen molar-refractivity contribution in [1.82, 2.24) is 0 Å². The number of ether oxygens (including phenoxy) is 2. The summed E-state index contributed by atoms with van der Waals surface area (Å²) in [4.78, 5) is 12.6. The molecule has 0 saturated carbocycles. The van der Waals surface area contributed by atoms with Gasteiger partial charge in [-0.3, -0.25) is 4.79 Å². The number of aryl methyl sites for hydroxylation is 2. The van der Waals surface area contributed by atoms with Crippen molar-refractivity contribution in [3.05, 3.63) is 93.0 Å². The molecule has 3 rings (SSSR count). The van der Waals surface area contributed by atoms with Crippen LogP contribution in [0.5, 0.6) is 11.5 Å². The molecular formula is C26H23BrN2O3. The lowest BCUT2D eigenvalue weighted by atomic mass is 10.1. The molecule has 6 heteroatoms.